The van der Waals surface area contributed by atoms with Gasteiger partial charge in [-0.1, -0.05) is 43.2 Å². The minimum absolute atomic E-state index is 0.286. The summed E-state index contributed by atoms with van der Waals surface area (Å²) in [4.78, 5) is 14.6. The van der Waals surface area contributed by atoms with E-state index in [1.807, 2.05) is 30.3 Å². The van der Waals surface area contributed by atoms with Crippen molar-refractivity contribution in [3.05, 3.63) is 35.9 Å². The zero-order valence-electron chi connectivity index (χ0n) is 14.6. The van der Waals surface area contributed by atoms with E-state index in [0.717, 1.165) is 43.0 Å². The maximum Gasteiger partial charge on any atom is 0.227 e. The summed E-state index contributed by atoms with van der Waals surface area (Å²) in [5.41, 5.74) is 1.13. The second kappa shape index (κ2) is 7.26. The lowest BCUT2D eigenvalue weighted by Gasteiger charge is -2.44. The molecule has 1 aromatic rings. The van der Waals surface area contributed by atoms with E-state index >= 15 is 0 Å². The average molecular weight is 326 g/mol. The first-order valence-corrected chi connectivity index (χ1v) is 9.87. The predicted octanol–water partition coefficient (Wildman–Crippen LogP) is 3.39. The molecule has 4 rings (SSSR count). The molecule has 1 aromatic carbocycles. The summed E-state index contributed by atoms with van der Waals surface area (Å²) < 4.78 is 0. The molecule has 24 heavy (non-hydrogen) atoms. The van der Waals surface area contributed by atoms with Crippen LogP contribution in [0.2, 0.25) is 0 Å². The molecule has 3 fully saturated rings. The second-order valence-corrected chi connectivity index (χ2v) is 8.06. The lowest BCUT2D eigenvalue weighted by molar-refractivity contribution is -0.129. The van der Waals surface area contributed by atoms with Crippen molar-refractivity contribution in [1.29, 1.82) is 0 Å². The Labute approximate surface area is 145 Å². The van der Waals surface area contributed by atoms with E-state index in [-0.39, 0.29) is 5.91 Å². The minimum atomic E-state index is 0.286. The second-order valence-electron chi connectivity index (χ2n) is 8.06. The highest BCUT2D eigenvalue weighted by Crippen LogP contribution is 2.40. The van der Waals surface area contributed by atoms with Gasteiger partial charge in [0.05, 0.1) is 6.42 Å². The maximum atomic E-state index is 12.5. The number of nitrogens with zero attached hydrogens (tertiary/aromatic N) is 1. The van der Waals surface area contributed by atoms with Crippen LogP contribution in [-0.2, 0) is 11.2 Å². The number of carbonyl (C=O) groups is 1. The fraction of sp³-hybridized carbons (Fsp3) is 0.667. The topological polar surface area (TPSA) is 32.3 Å². The lowest BCUT2D eigenvalue weighted by Crippen LogP contribution is -2.51. The molecule has 1 aliphatic heterocycles. The van der Waals surface area contributed by atoms with Crippen LogP contribution in [0.3, 0.4) is 0 Å². The zero-order valence-corrected chi connectivity index (χ0v) is 14.6. The zero-order chi connectivity index (χ0) is 16.4. The number of amides is 1. The van der Waals surface area contributed by atoms with Crippen molar-refractivity contribution in [2.75, 3.05) is 13.1 Å². The van der Waals surface area contributed by atoms with Gasteiger partial charge >= 0.3 is 0 Å². The van der Waals surface area contributed by atoms with Gasteiger partial charge in [-0.3, -0.25) is 4.79 Å². The molecule has 3 aliphatic rings. The molecule has 2 saturated carbocycles. The van der Waals surface area contributed by atoms with Crippen molar-refractivity contribution in [3.63, 3.8) is 0 Å². The van der Waals surface area contributed by atoms with Crippen LogP contribution in [0.25, 0.3) is 0 Å². The molecule has 1 atom stereocenters. The Bertz CT molecular complexity index is 536. The van der Waals surface area contributed by atoms with Gasteiger partial charge in [0, 0.05) is 25.2 Å². The molecule has 1 saturated heterocycles. The van der Waals surface area contributed by atoms with Crippen molar-refractivity contribution in [3.8, 4) is 0 Å². The number of benzene rings is 1. The number of carbonyl (C=O) groups excluding carboxylic acids is 1. The van der Waals surface area contributed by atoms with E-state index in [4.69, 9.17) is 0 Å². The third-order valence-electron chi connectivity index (χ3n) is 6.48. The average Bonchev–Trinajstić information content (AvgIpc) is 2.93. The molecule has 0 radical (unpaired) electrons. The molecule has 130 valence electrons. The van der Waals surface area contributed by atoms with Gasteiger partial charge in [-0.05, 0) is 49.5 Å². The van der Waals surface area contributed by atoms with E-state index in [0.29, 0.717) is 12.5 Å². The highest BCUT2D eigenvalue weighted by molar-refractivity contribution is 5.79. The first kappa shape index (κ1) is 16.1. The van der Waals surface area contributed by atoms with Gasteiger partial charge in [-0.15, -0.1) is 0 Å². The largest absolute Gasteiger partial charge is 0.341 e. The Hall–Kier alpha value is -1.35. The first-order chi connectivity index (χ1) is 11.8. The van der Waals surface area contributed by atoms with Crippen LogP contribution >= 0.6 is 0 Å². The molecule has 3 nitrogen and oxygen atoms in total. The number of rotatable bonds is 6. The highest BCUT2D eigenvalue weighted by Gasteiger charge is 2.38. The molecule has 1 N–H and O–H groups in total. The standard InChI is InChI=1S/C21H30N2O/c24-20(14-16-6-2-1-3-7-16)23-13-12-19(15-23)22-21(17-8-4-9-17)18-10-5-11-18/h1-3,6-7,17-19,21-22H,4-5,8-15H2/t19-/m0/s1. The van der Waals surface area contributed by atoms with Crippen molar-refractivity contribution in [2.24, 2.45) is 11.8 Å². The third-order valence-corrected chi connectivity index (χ3v) is 6.48. The third kappa shape index (κ3) is 3.51. The van der Waals surface area contributed by atoms with Crippen LogP contribution in [0.5, 0.6) is 0 Å². The minimum Gasteiger partial charge on any atom is -0.341 e. The number of hydrogen-bond acceptors (Lipinski definition) is 2. The molecule has 0 bridgehead atoms. The predicted molar refractivity (Wildman–Crippen MR) is 96.7 cm³/mol. The van der Waals surface area contributed by atoms with Gasteiger partial charge in [0.1, 0.15) is 0 Å². The van der Waals surface area contributed by atoms with E-state index in [9.17, 15) is 4.79 Å². The molecular formula is C21H30N2O. The van der Waals surface area contributed by atoms with Gasteiger partial charge in [0.15, 0.2) is 0 Å². The van der Waals surface area contributed by atoms with Crippen molar-refractivity contribution in [1.82, 2.24) is 10.2 Å². The van der Waals surface area contributed by atoms with Gasteiger partial charge in [-0.25, -0.2) is 0 Å². The summed E-state index contributed by atoms with van der Waals surface area (Å²) in [5, 5.41) is 3.97. The number of nitrogens with one attached hydrogen (secondary N) is 1. The molecule has 0 unspecified atom stereocenters. The summed E-state index contributed by atoms with van der Waals surface area (Å²) in [5.74, 6) is 2.10. The molecule has 1 heterocycles. The van der Waals surface area contributed by atoms with Crippen LogP contribution in [-0.4, -0.2) is 36.0 Å². The van der Waals surface area contributed by atoms with E-state index < -0.39 is 0 Å². The Balaban J connectivity index is 1.29. The van der Waals surface area contributed by atoms with E-state index in [2.05, 4.69) is 10.2 Å². The van der Waals surface area contributed by atoms with Gasteiger partial charge in [0.2, 0.25) is 5.91 Å². The SMILES string of the molecule is O=C(Cc1ccccc1)N1CC[C@H](NC(C2CCC2)C2CCC2)C1. The highest BCUT2D eigenvalue weighted by atomic mass is 16.2. The number of hydrogen-bond donors (Lipinski definition) is 1. The Morgan fingerprint density at radius 2 is 1.71 bits per heavy atom. The van der Waals surface area contributed by atoms with Crippen molar-refractivity contribution >= 4 is 5.91 Å². The Kier molecular flexibility index (Phi) is 4.88. The Morgan fingerprint density at radius 1 is 1.04 bits per heavy atom. The van der Waals surface area contributed by atoms with Gasteiger partial charge in [-0.2, -0.15) is 0 Å². The summed E-state index contributed by atoms with van der Waals surface area (Å²) >= 11 is 0. The molecule has 1 amide bonds. The maximum absolute atomic E-state index is 12.5. The summed E-state index contributed by atoms with van der Waals surface area (Å²) in [6.45, 7) is 1.83. The Morgan fingerprint density at radius 3 is 2.29 bits per heavy atom. The smallest absolute Gasteiger partial charge is 0.227 e. The van der Waals surface area contributed by atoms with Crippen molar-refractivity contribution in [2.45, 2.75) is 63.5 Å². The van der Waals surface area contributed by atoms with Crippen LogP contribution < -0.4 is 5.32 Å². The summed E-state index contributed by atoms with van der Waals surface area (Å²) in [6, 6.07) is 11.4. The first-order valence-electron chi connectivity index (χ1n) is 9.87. The normalized spacial score (nSPS) is 24.9. The summed E-state index contributed by atoms with van der Waals surface area (Å²) in [7, 11) is 0. The monoisotopic (exact) mass is 326 g/mol. The van der Waals surface area contributed by atoms with Crippen molar-refractivity contribution < 1.29 is 4.79 Å². The van der Waals surface area contributed by atoms with Crippen LogP contribution in [0.15, 0.2) is 30.3 Å². The van der Waals surface area contributed by atoms with E-state index in [1.165, 1.54) is 38.5 Å². The number of likely N-dealkylation sites (tertiary alicyclic amines) is 1. The van der Waals surface area contributed by atoms with Crippen LogP contribution in [0, 0.1) is 11.8 Å². The molecule has 2 aliphatic carbocycles. The molecular weight excluding hydrogens is 296 g/mol. The molecule has 0 spiro atoms. The quantitative estimate of drug-likeness (QED) is 0.869. The fourth-order valence-corrected chi connectivity index (χ4v) is 4.53. The molecule has 0 aromatic heterocycles. The fourth-order valence-electron chi connectivity index (χ4n) is 4.53. The summed E-state index contributed by atoms with van der Waals surface area (Å²) in [6.07, 6.45) is 10.2. The van der Waals surface area contributed by atoms with Gasteiger partial charge in [0.25, 0.3) is 0 Å². The van der Waals surface area contributed by atoms with E-state index in [1.54, 1.807) is 0 Å². The lowest BCUT2D eigenvalue weighted by atomic mass is 9.68. The molecule has 3 heteroatoms. The van der Waals surface area contributed by atoms with Crippen LogP contribution in [0.4, 0.5) is 0 Å². The van der Waals surface area contributed by atoms with Crippen LogP contribution in [0.1, 0.15) is 50.5 Å². The van der Waals surface area contributed by atoms with Gasteiger partial charge < -0.3 is 10.2 Å².